The first-order valence-electron chi connectivity index (χ1n) is 11.1. The van der Waals surface area contributed by atoms with E-state index in [0.717, 1.165) is 18.6 Å². The van der Waals surface area contributed by atoms with Crippen LogP contribution in [0.15, 0.2) is 53.4 Å². The van der Waals surface area contributed by atoms with E-state index in [2.05, 4.69) is 23.9 Å². The number of hydrogen-bond donors (Lipinski definition) is 2. The van der Waals surface area contributed by atoms with E-state index >= 15 is 0 Å². The summed E-state index contributed by atoms with van der Waals surface area (Å²) >= 11 is 0. The Bertz CT molecular complexity index is 1080. The average Bonchev–Trinajstić information content (AvgIpc) is 2.78. The Balaban J connectivity index is 1.59. The standard InChI is InChI=1S/C24H30FN3O4S/c1-17(2)10-13-26-23(29)18-11-14-28(15-12-18)24(30)19-4-3-5-21(16-19)27-33(31,32)22-8-6-20(25)7-9-22/h3-9,16-18,27H,10-15H2,1-2H3,(H,26,29). The third kappa shape index (κ3) is 6.77. The average molecular weight is 476 g/mol. The largest absolute Gasteiger partial charge is 0.356 e. The molecule has 33 heavy (non-hydrogen) atoms. The first-order valence-corrected chi connectivity index (χ1v) is 12.6. The molecule has 0 saturated carbocycles. The monoisotopic (exact) mass is 475 g/mol. The minimum atomic E-state index is -3.91. The van der Waals surface area contributed by atoms with Crippen molar-refractivity contribution >= 4 is 27.5 Å². The van der Waals surface area contributed by atoms with Crippen molar-refractivity contribution in [1.29, 1.82) is 0 Å². The fourth-order valence-electron chi connectivity index (χ4n) is 3.70. The molecule has 7 nitrogen and oxygen atoms in total. The van der Waals surface area contributed by atoms with Crippen LogP contribution in [-0.2, 0) is 14.8 Å². The molecule has 1 aliphatic rings. The lowest BCUT2D eigenvalue weighted by Crippen LogP contribution is -2.43. The molecule has 2 aromatic rings. The number of sulfonamides is 1. The van der Waals surface area contributed by atoms with Gasteiger partial charge in [-0.15, -0.1) is 0 Å². The number of hydrogen-bond acceptors (Lipinski definition) is 4. The van der Waals surface area contributed by atoms with Gasteiger partial charge in [-0.05, 0) is 67.6 Å². The van der Waals surface area contributed by atoms with Crippen molar-refractivity contribution in [2.45, 2.75) is 38.0 Å². The Morgan fingerprint density at radius 1 is 1.09 bits per heavy atom. The van der Waals surface area contributed by atoms with E-state index < -0.39 is 15.8 Å². The normalized spacial score (nSPS) is 14.8. The Morgan fingerprint density at radius 2 is 1.76 bits per heavy atom. The number of carbonyl (C=O) groups excluding carboxylic acids is 2. The van der Waals surface area contributed by atoms with Gasteiger partial charge in [-0.1, -0.05) is 19.9 Å². The summed E-state index contributed by atoms with van der Waals surface area (Å²) in [4.78, 5) is 26.9. The first-order chi connectivity index (χ1) is 15.7. The smallest absolute Gasteiger partial charge is 0.261 e. The quantitative estimate of drug-likeness (QED) is 0.609. The molecule has 0 atom stereocenters. The topological polar surface area (TPSA) is 95.6 Å². The van der Waals surface area contributed by atoms with E-state index in [1.807, 2.05) is 0 Å². The van der Waals surface area contributed by atoms with Gasteiger partial charge in [0.25, 0.3) is 15.9 Å². The first kappa shape index (κ1) is 24.7. The molecule has 1 fully saturated rings. The second-order valence-corrected chi connectivity index (χ2v) is 10.4. The van der Waals surface area contributed by atoms with Crippen LogP contribution >= 0.6 is 0 Å². The maximum atomic E-state index is 13.1. The molecule has 3 rings (SSSR count). The molecule has 0 bridgehead atoms. The maximum absolute atomic E-state index is 13.1. The van der Waals surface area contributed by atoms with Crippen LogP contribution < -0.4 is 10.0 Å². The molecule has 0 radical (unpaired) electrons. The number of nitrogens with zero attached hydrogens (tertiary/aromatic N) is 1. The van der Waals surface area contributed by atoms with Gasteiger partial charge in [0.15, 0.2) is 0 Å². The van der Waals surface area contributed by atoms with Gasteiger partial charge < -0.3 is 10.2 Å². The number of rotatable bonds is 8. The number of likely N-dealkylation sites (tertiary alicyclic amines) is 1. The number of nitrogens with one attached hydrogen (secondary N) is 2. The van der Waals surface area contributed by atoms with Gasteiger partial charge >= 0.3 is 0 Å². The highest BCUT2D eigenvalue weighted by Crippen LogP contribution is 2.22. The molecule has 0 spiro atoms. The van der Waals surface area contributed by atoms with Crippen molar-refractivity contribution in [2.24, 2.45) is 11.8 Å². The predicted molar refractivity (Wildman–Crippen MR) is 125 cm³/mol. The number of benzene rings is 2. The summed E-state index contributed by atoms with van der Waals surface area (Å²) in [6.45, 7) is 5.81. The molecule has 178 valence electrons. The van der Waals surface area contributed by atoms with E-state index in [1.54, 1.807) is 23.1 Å². The summed E-state index contributed by atoms with van der Waals surface area (Å²) in [6.07, 6.45) is 2.12. The van der Waals surface area contributed by atoms with Gasteiger partial charge in [0, 0.05) is 36.8 Å². The summed E-state index contributed by atoms with van der Waals surface area (Å²) in [7, 11) is -3.91. The predicted octanol–water partition coefficient (Wildman–Crippen LogP) is 3.64. The molecule has 2 aromatic carbocycles. The summed E-state index contributed by atoms with van der Waals surface area (Å²) in [5.41, 5.74) is 0.596. The van der Waals surface area contributed by atoms with Crippen LogP contribution in [0.1, 0.15) is 43.5 Å². The van der Waals surface area contributed by atoms with E-state index in [0.29, 0.717) is 44.0 Å². The van der Waals surface area contributed by atoms with E-state index in [9.17, 15) is 22.4 Å². The highest BCUT2D eigenvalue weighted by atomic mass is 32.2. The minimum Gasteiger partial charge on any atom is -0.356 e. The van der Waals surface area contributed by atoms with Gasteiger partial charge in [0.05, 0.1) is 4.90 Å². The highest BCUT2D eigenvalue weighted by molar-refractivity contribution is 7.92. The van der Waals surface area contributed by atoms with Gasteiger partial charge in [0.2, 0.25) is 5.91 Å². The zero-order valence-corrected chi connectivity index (χ0v) is 19.7. The number of amides is 2. The summed E-state index contributed by atoms with van der Waals surface area (Å²) in [5, 5.41) is 2.98. The molecule has 1 aliphatic heterocycles. The lowest BCUT2D eigenvalue weighted by Gasteiger charge is -2.31. The molecular weight excluding hydrogens is 445 g/mol. The number of halogens is 1. The van der Waals surface area contributed by atoms with Gasteiger partial charge in [-0.2, -0.15) is 0 Å². The third-order valence-electron chi connectivity index (χ3n) is 5.66. The second-order valence-electron chi connectivity index (χ2n) is 8.68. The van der Waals surface area contributed by atoms with Crippen molar-refractivity contribution in [3.05, 3.63) is 59.9 Å². The summed E-state index contributed by atoms with van der Waals surface area (Å²) < 4.78 is 40.6. The van der Waals surface area contributed by atoms with E-state index in [1.165, 1.54) is 18.2 Å². The summed E-state index contributed by atoms with van der Waals surface area (Å²) in [6, 6.07) is 10.8. The van der Waals surface area contributed by atoms with Crippen LogP contribution in [0.4, 0.5) is 10.1 Å². The van der Waals surface area contributed by atoms with Crippen LogP contribution in [-0.4, -0.2) is 44.8 Å². The Kier molecular flexibility index (Phi) is 8.07. The van der Waals surface area contributed by atoms with Gasteiger partial charge in [-0.3, -0.25) is 14.3 Å². The molecule has 1 heterocycles. The molecule has 2 N–H and O–H groups in total. The minimum absolute atomic E-state index is 0.0416. The van der Waals surface area contributed by atoms with E-state index in [-0.39, 0.29) is 28.3 Å². The zero-order chi connectivity index (χ0) is 24.0. The fraction of sp³-hybridized carbons (Fsp3) is 0.417. The highest BCUT2D eigenvalue weighted by Gasteiger charge is 2.28. The van der Waals surface area contributed by atoms with Crippen LogP contribution in [0, 0.1) is 17.7 Å². The Morgan fingerprint density at radius 3 is 2.39 bits per heavy atom. The van der Waals surface area contributed by atoms with Crippen LogP contribution in [0.5, 0.6) is 0 Å². The van der Waals surface area contributed by atoms with Crippen molar-refractivity contribution in [3.8, 4) is 0 Å². The number of anilines is 1. The van der Waals surface area contributed by atoms with Crippen molar-refractivity contribution < 1.29 is 22.4 Å². The van der Waals surface area contributed by atoms with Crippen molar-refractivity contribution in [2.75, 3.05) is 24.4 Å². The number of carbonyl (C=O) groups is 2. The van der Waals surface area contributed by atoms with Gasteiger partial charge in [-0.25, -0.2) is 12.8 Å². The Labute approximate surface area is 194 Å². The second kappa shape index (κ2) is 10.8. The molecule has 0 aromatic heterocycles. The summed E-state index contributed by atoms with van der Waals surface area (Å²) in [5.74, 6) is -0.273. The Hall–Kier alpha value is -2.94. The lowest BCUT2D eigenvalue weighted by atomic mass is 9.95. The van der Waals surface area contributed by atoms with Crippen molar-refractivity contribution in [1.82, 2.24) is 10.2 Å². The lowest BCUT2D eigenvalue weighted by molar-refractivity contribution is -0.126. The third-order valence-corrected chi connectivity index (χ3v) is 7.06. The molecule has 1 saturated heterocycles. The molecule has 0 unspecified atom stereocenters. The fourth-order valence-corrected chi connectivity index (χ4v) is 4.75. The van der Waals surface area contributed by atoms with Crippen LogP contribution in [0.25, 0.3) is 0 Å². The molecule has 2 amide bonds. The number of piperidine rings is 1. The molecule has 0 aliphatic carbocycles. The van der Waals surface area contributed by atoms with Crippen LogP contribution in [0.2, 0.25) is 0 Å². The zero-order valence-electron chi connectivity index (χ0n) is 18.9. The van der Waals surface area contributed by atoms with Crippen LogP contribution in [0.3, 0.4) is 0 Å². The van der Waals surface area contributed by atoms with Gasteiger partial charge in [0.1, 0.15) is 5.82 Å². The van der Waals surface area contributed by atoms with Crippen molar-refractivity contribution in [3.63, 3.8) is 0 Å². The van der Waals surface area contributed by atoms with E-state index in [4.69, 9.17) is 0 Å². The maximum Gasteiger partial charge on any atom is 0.261 e. The SMILES string of the molecule is CC(C)CCNC(=O)C1CCN(C(=O)c2cccc(NS(=O)(=O)c3ccc(F)cc3)c2)CC1. The molecular formula is C24H30FN3O4S. The molecule has 9 heteroatoms.